The third kappa shape index (κ3) is 10.2. The Kier molecular flexibility index (Phi) is 12.9. The van der Waals surface area contributed by atoms with Gasteiger partial charge in [0.1, 0.15) is 6.34 Å². The van der Waals surface area contributed by atoms with Crippen LogP contribution in [0.5, 0.6) is 0 Å². The van der Waals surface area contributed by atoms with Crippen LogP contribution < -0.4 is 11.6 Å². The number of halogens is 2. The van der Waals surface area contributed by atoms with Gasteiger partial charge >= 0.3 is 0 Å². The van der Waals surface area contributed by atoms with Crippen molar-refractivity contribution in [3.8, 4) is 0 Å². The third-order valence-corrected chi connectivity index (χ3v) is 2.31. The Labute approximate surface area is 88.8 Å². The summed E-state index contributed by atoms with van der Waals surface area (Å²) in [4.78, 5) is 3.70. The molecule has 7 heteroatoms. The highest BCUT2D eigenvalue weighted by molar-refractivity contribution is 9.09. The van der Waals surface area contributed by atoms with E-state index in [1.807, 2.05) is 0 Å². The molecule has 0 aliphatic carbocycles. The van der Waals surface area contributed by atoms with Crippen LogP contribution in [0.15, 0.2) is 10.1 Å². The van der Waals surface area contributed by atoms with Crippen molar-refractivity contribution in [1.82, 2.24) is 0 Å². The first-order valence-electron chi connectivity index (χ1n) is 2.55. The molecule has 0 unspecified atom stereocenters. The molecule has 0 aromatic carbocycles. The van der Waals surface area contributed by atoms with Gasteiger partial charge in [0.25, 0.3) is 0 Å². The highest BCUT2D eigenvalue weighted by Gasteiger charge is 1.89. The lowest BCUT2D eigenvalue weighted by molar-refractivity contribution is 1.25. The molecule has 4 nitrogen and oxygen atoms in total. The van der Waals surface area contributed by atoms with Crippen LogP contribution in [0.3, 0.4) is 0 Å². The van der Waals surface area contributed by atoms with Crippen LogP contribution in [-0.4, -0.2) is 22.6 Å². The molecular weight excluding hydrogens is 296 g/mol. The SMILES string of the molecule is Br.N/N=C\N=C(N)SCCBr. The number of aliphatic imine (C=N–C) groups is 1. The Morgan fingerprint density at radius 3 is 2.73 bits per heavy atom. The first kappa shape index (κ1) is 13.8. The minimum absolute atomic E-state index is 0. The van der Waals surface area contributed by atoms with E-state index >= 15 is 0 Å². The molecule has 0 fully saturated rings. The van der Waals surface area contributed by atoms with Gasteiger partial charge in [-0.15, -0.1) is 17.0 Å². The second-order valence-electron chi connectivity index (χ2n) is 1.27. The van der Waals surface area contributed by atoms with E-state index in [9.17, 15) is 0 Å². The van der Waals surface area contributed by atoms with Crippen LogP contribution in [0.1, 0.15) is 0 Å². The van der Waals surface area contributed by atoms with Crippen molar-refractivity contribution in [1.29, 1.82) is 0 Å². The molecule has 0 saturated carbocycles. The molecule has 66 valence electrons. The Morgan fingerprint density at radius 1 is 1.64 bits per heavy atom. The molecule has 0 amide bonds. The summed E-state index contributed by atoms with van der Waals surface area (Å²) in [7, 11) is 0. The molecule has 0 aliphatic rings. The maximum atomic E-state index is 5.39. The predicted octanol–water partition coefficient (Wildman–Crippen LogP) is 0.909. The van der Waals surface area contributed by atoms with Crippen LogP contribution in [0, 0.1) is 0 Å². The van der Waals surface area contributed by atoms with Crippen molar-refractivity contribution in [2.75, 3.05) is 11.1 Å². The van der Waals surface area contributed by atoms with Crippen LogP contribution in [-0.2, 0) is 0 Å². The Bertz CT molecular complexity index is 138. The van der Waals surface area contributed by atoms with E-state index in [-0.39, 0.29) is 17.0 Å². The van der Waals surface area contributed by atoms with Crippen molar-refractivity contribution in [2.24, 2.45) is 21.7 Å². The van der Waals surface area contributed by atoms with Gasteiger partial charge < -0.3 is 11.6 Å². The molecule has 4 N–H and O–H groups in total. The average molecular weight is 306 g/mol. The van der Waals surface area contributed by atoms with Gasteiger partial charge in [-0.25, -0.2) is 4.99 Å². The molecule has 0 rings (SSSR count). The standard InChI is InChI=1S/C4H9BrN4S.BrH/c5-1-2-10-4(6)8-3-9-7;/h3H,1-2,7H2,(H2,6,8,9);1H. The van der Waals surface area contributed by atoms with Crippen LogP contribution in [0.4, 0.5) is 0 Å². The number of nitrogens with zero attached hydrogens (tertiary/aromatic N) is 2. The first-order valence-corrected chi connectivity index (χ1v) is 4.65. The summed E-state index contributed by atoms with van der Waals surface area (Å²) in [6, 6.07) is 0. The molecule has 0 aliphatic heterocycles. The fourth-order valence-electron chi connectivity index (χ4n) is 0.271. The van der Waals surface area contributed by atoms with Crippen molar-refractivity contribution >= 4 is 56.2 Å². The lowest BCUT2D eigenvalue weighted by atomic mass is 11.0. The fourth-order valence-corrected chi connectivity index (χ4v) is 1.16. The zero-order valence-corrected chi connectivity index (χ0v) is 9.85. The highest BCUT2D eigenvalue weighted by atomic mass is 79.9. The predicted molar refractivity (Wildman–Crippen MR) is 60.9 cm³/mol. The van der Waals surface area contributed by atoms with Gasteiger partial charge in [0.05, 0.1) is 0 Å². The van der Waals surface area contributed by atoms with Gasteiger partial charge in [-0.3, -0.25) is 0 Å². The summed E-state index contributed by atoms with van der Waals surface area (Å²) >= 11 is 4.71. The number of hydrogen-bond acceptors (Lipinski definition) is 3. The van der Waals surface area contributed by atoms with Gasteiger partial charge in [-0.2, -0.15) is 5.10 Å². The van der Waals surface area contributed by atoms with Gasteiger partial charge in [-0.1, -0.05) is 27.7 Å². The molecule has 0 spiro atoms. The Morgan fingerprint density at radius 2 is 2.27 bits per heavy atom. The molecule has 0 aromatic heterocycles. The van der Waals surface area contributed by atoms with Crippen molar-refractivity contribution < 1.29 is 0 Å². The normalized spacial score (nSPS) is 11.5. The van der Waals surface area contributed by atoms with Gasteiger partial charge in [0, 0.05) is 11.1 Å². The van der Waals surface area contributed by atoms with E-state index in [4.69, 9.17) is 11.6 Å². The van der Waals surface area contributed by atoms with E-state index in [1.165, 1.54) is 18.1 Å². The quantitative estimate of drug-likeness (QED) is 0.267. The zero-order valence-electron chi connectivity index (χ0n) is 5.74. The number of thioether (sulfide) groups is 1. The zero-order chi connectivity index (χ0) is 7.82. The summed E-state index contributed by atoms with van der Waals surface area (Å²) in [5, 5.41) is 4.54. The molecule has 0 atom stereocenters. The molecule has 0 bridgehead atoms. The average Bonchev–Trinajstić information content (AvgIpc) is 1.97. The number of alkyl halides is 1. The van der Waals surface area contributed by atoms with Crippen molar-refractivity contribution in [3.63, 3.8) is 0 Å². The second-order valence-corrected chi connectivity index (χ2v) is 3.18. The highest BCUT2D eigenvalue weighted by Crippen LogP contribution is 1.99. The maximum absolute atomic E-state index is 5.39. The molecule has 0 aromatic rings. The van der Waals surface area contributed by atoms with Crippen molar-refractivity contribution in [3.05, 3.63) is 0 Å². The van der Waals surface area contributed by atoms with Gasteiger partial charge in [-0.05, 0) is 0 Å². The molecule has 0 radical (unpaired) electrons. The van der Waals surface area contributed by atoms with E-state index in [2.05, 4.69) is 26.0 Å². The summed E-state index contributed by atoms with van der Waals surface area (Å²) in [6.45, 7) is 0. The number of hydrazone groups is 1. The minimum Gasteiger partial charge on any atom is -0.378 e. The molecule has 0 saturated heterocycles. The fraction of sp³-hybridized carbons (Fsp3) is 0.500. The van der Waals surface area contributed by atoms with Crippen LogP contribution in [0.2, 0.25) is 0 Å². The van der Waals surface area contributed by atoms with Crippen LogP contribution >= 0.6 is 44.7 Å². The molecule has 11 heavy (non-hydrogen) atoms. The minimum atomic E-state index is 0. The second kappa shape index (κ2) is 10.2. The Hall–Kier alpha value is 0.250. The Balaban J connectivity index is 0. The largest absolute Gasteiger partial charge is 0.378 e. The monoisotopic (exact) mass is 304 g/mol. The topological polar surface area (TPSA) is 76.8 Å². The number of rotatable bonds is 3. The van der Waals surface area contributed by atoms with E-state index < -0.39 is 0 Å². The molecule has 0 heterocycles. The van der Waals surface area contributed by atoms with E-state index in [1.54, 1.807) is 0 Å². The van der Waals surface area contributed by atoms with Crippen LogP contribution in [0.25, 0.3) is 0 Å². The smallest absolute Gasteiger partial charge is 0.160 e. The summed E-state index contributed by atoms with van der Waals surface area (Å²) in [6.07, 6.45) is 1.22. The van der Waals surface area contributed by atoms with E-state index in [0.29, 0.717) is 5.17 Å². The lowest BCUT2D eigenvalue weighted by Gasteiger charge is -1.92. The summed E-state index contributed by atoms with van der Waals surface area (Å²) in [5.41, 5.74) is 5.39. The van der Waals surface area contributed by atoms with Crippen molar-refractivity contribution in [2.45, 2.75) is 0 Å². The number of nitrogens with two attached hydrogens (primary N) is 2. The first-order chi connectivity index (χ1) is 4.81. The van der Waals surface area contributed by atoms with Gasteiger partial charge in [0.2, 0.25) is 0 Å². The number of amidine groups is 1. The van der Waals surface area contributed by atoms with E-state index in [0.717, 1.165) is 11.1 Å². The summed E-state index contributed by atoms with van der Waals surface area (Å²) in [5.74, 6) is 5.69. The number of hydrogen-bond donors (Lipinski definition) is 2. The summed E-state index contributed by atoms with van der Waals surface area (Å²) < 4.78 is 0. The molecular formula is C4H10Br2N4S. The lowest BCUT2D eigenvalue weighted by Crippen LogP contribution is -2.07. The maximum Gasteiger partial charge on any atom is 0.160 e. The van der Waals surface area contributed by atoms with Gasteiger partial charge in [0.15, 0.2) is 5.17 Å². The third-order valence-electron chi connectivity index (χ3n) is 0.579.